The van der Waals surface area contributed by atoms with Gasteiger partial charge in [-0.1, -0.05) is 30.3 Å². The van der Waals surface area contributed by atoms with E-state index in [1.165, 1.54) is 0 Å². The lowest BCUT2D eigenvalue weighted by molar-refractivity contribution is -0.164. The van der Waals surface area contributed by atoms with Crippen LogP contribution in [0.4, 0.5) is 0 Å². The second-order valence-electron chi connectivity index (χ2n) is 5.92. The van der Waals surface area contributed by atoms with Gasteiger partial charge in [0.15, 0.2) is 5.79 Å². The summed E-state index contributed by atoms with van der Waals surface area (Å²) in [5.74, 6) is -0.639. The monoisotopic (exact) mass is 277 g/mol. The molecule has 3 unspecified atom stereocenters. The standard InChI is InChI=1S/C16H23NO3/c1-16(13-6-3-2-4-7-13)19-12-15(20-16)11-17-9-5-8-14(18)10-17/h2-4,6-7,14-15,18H,5,8-12H2,1H3. The van der Waals surface area contributed by atoms with E-state index >= 15 is 0 Å². The topological polar surface area (TPSA) is 41.9 Å². The molecule has 2 aliphatic heterocycles. The first-order chi connectivity index (χ1) is 9.66. The van der Waals surface area contributed by atoms with E-state index < -0.39 is 5.79 Å². The van der Waals surface area contributed by atoms with Crippen molar-refractivity contribution in [2.45, 2.75) is 37.8 Å². The Balaban J connectivity index is 1.59. The summed E-state index contributed by atoms with van der Waals surface area (Å²) in [6.07, 6.45) is 1.86. The third-order valence-corrected chi connectivity index (χ3v) is 4.18. The fourth-order valence-corrected chi connectivity index (χ4v) is 3.11. The van der Waals surface area contributed by atoms with Crippen molar-refractivity contribution in [3.05, 3.63) is 35.9 Å². The highest BCUT2D eigenvalue weighted by atomic mass is 16.7. The summed E-state index contributed by atoms with van der Waals surface area (Å²) in [5.41, 5.74) is 1.06. The maximum absolute atomic E-state index is 9.72. The zero-order valence-corrected chi connectivity index (χ0v) is 12.0. The molecule has 0 aliphatic carbocycles. The van der Waals surface area contributed by atoms with Gasteiger partial charge in [-0.05, 0) is 26.3 Å². The number of benzene rings is 1. The largest absolute Gasteiger partial charge is 0.392 e. The quantitative estimate of drug-likeness (QED) is 0.913. The molecule has 110 valence electrons. The molecule has 0 spiro atoms. The van der Waals surface area contributed by atoms with Crippen molar-refractivity contribution in [3.8, 4) is 0 Å². The summed E-state index contributed by atoms with van der Waals surface area (Å²) >= 11 is 0. The molecule has 1 aromatic rings. The van der Waals surface area contributed by atoms with Crippen LogP contribution < -0.4 is 0 Å². The molecular weight excluding hydrogens is 254 g/mol. The Bertz CT molecular complexity index is 439. The van der Waals surface area contributed by atoms with Gasteiger partial charge >= 0.3 is 0 Å². The minimum absolute atomic E-state index is 0.0745. The lowest BCUT2D eigenvalue weighted by atomic mass is 10.1. The Morgan fingerprint density at radius 3 is 2.90 bits per heavy atom. The minimum Gasteiger partial charge on any atom is -0.392 e. The van der Waals surface area contributed by atoms with Crippen LogP contribution in [-0.4, -0.2) is 48.5 Å². The fraction of sp³-hybridized carbons (Fsp3) is 0.625. The summed E-state index contributed by atoms with van der Waals surface area (Å²) in [5, 5.41) is 9.72. The number of hydrogen-bond donors (Lipinski definition) is 1. The van der Waals surface area contributed by atoms with Crippen molar-refractivity contribution in [1.82, 2.24) is 4.90 Å². The van der Waals surface area contributed by atoms with Crippen LogP contribution in [0.2, 0.25) is 0 Å². The number of aliphatic hydroxyl groups is 1. The van der Waals surface area contributed by atoms with E-state index in [4.69, 9.17) is 9.47 Å². The Kier molecular flexibility index (Phi) is 4.08. The van der Waals surface area contributed by atoms with Gasteiger partial charge in [0.1, 0.15) is 0 Å². The van der Waals surface area contributed by atoms with E-state index in [0.29, 0.717) is 6.61 Å². The van der Waals surface area contributed by atoms with Crippen molar-refractivity contribution in [3.63, 3.8) is 0 Å². The summed E-state index contributed by atoms with van der Waals surface area (Å²) in [6, 6.07) is 10.1. The molecule has 1 N–H and O–H groups in total. The molecule has 1 aromatic carbocycles. The molecule has 0 saturated carbocycles. The molecule has 2 saturated heterocycles. The van der Waals surface area contributed by atoms with Crippen LogP contribution in [0.15, 0.2) is 30.3 Å². The van der Waals surface area contributed by atoms with E-state index in [0.717, 1.165) is 38.0 Å². The second kappa shape index (κ2) is 5.82. The van der Waals surface area contributed by atoms with E-state index in [1.807, 2.05) is 37.3 Å². The highest BCUT2D eigenvalue weighted by molar-refractivity contribution is 5.20. The Morgan fingerprint density at radius 1 is 1.35 bits per heavy atom. The van der Waals surface area contributed by atoms with E-state index in [-0.39, 0.29) is 12.2 Å². The van der Waals surface area contributed by atoms with Crippen LogP contribution in [0, 0.1) is 0 Å². The number of piperidine rings is 1. The Morgan fingerprint density at radius 2 is 2.15 bits per heavy atom. The summed E-state index contributed by atoms with van der Waals surface area (Å²) in [7, 11) is 0. The van der Waals surface area contributed by atoms with Crippen LogP contribution in [0.3, 0.4) is 0 Å². The lowest BCUT2D eigenvalue weighted by Gasteiger charge is -2.32. The normalized spacial score (nSPS) is 35.3. The highest BCUT2D eigenvalue weighted by Gasteiger charge is 2.39. The third-order valence-electron chi connectivity index (χ3n) is 4.18. The Hall–Kier alpha value is -0.940. The molecule has 0 bridgehead atoms. The average Bonchev–Trinajstić information content (AvgIpc) is 2.83. The van der Waals surface area contributed by atoms with Gasteiger partial charge in [-0.3, -0.25) is 4.90 Å². The number of likely N-dealkylation sites (tertiary alicyclic amines) is 1. The molecule has 0 amide bonds. The van der Waals surface area contributed by atoms with Crippen LogP contribution in [0.1, 0.15) is 25.3 Å². The van der Waals surface area contributed by atoms with Crippen LogP contribution >= 0.6 is 0 Å². The van der Waals surface area contributed by atoms with Gasteiger partial charge in [0.25, 0.3) is 0 Å². The SMILES string of the molecule is CC1(c2ccccc2)OCC(CN2CCCC(O)C2)O1. The van der Waals surface area contributed by atoms with Crippen molar-refractivity contribution >= 4 is 0 Å². The first-order valence-corrected chi connectivity index (χ1v) is 7.43. The maximum atomic E-state index is 9.72. The van der Waals surface area contributed by atoms with Crippen LogP contribution in [0.5, 0.6) is 0 Å². The first kappa shape index (κ1) is 14.0. The number of nitrogens with zero attached hydrogens (tertiary/aromatic N) is 1. The second-order valence-corrected chi connectivity index (χ2v) is 5.92. The predicted molar refractivity (Wildman–Crippen MR) is 76.3 cm³/mol. The molecule has 4 heteroatoms. The molecule has 4 nitrogen and oxygen atoms in total. The zero-order valence-electron chi connectivity index (χ0n) is 12.0. The smallest absolute Gasteiger partial charge is 0.192 e. The third kappa shape index (κ3) is 3.04. The van der Waals surface area contributed by atoms with Crippen molar-refractivity contribution < 1.29 is 14.6 Å². The molecule has 20 heavy (non-hydrogen) atoms. The van der Waals surface area contributed by atoms with Gasteiger partial charge in [-0.25, -0.2) is 0 Å². The van der Waals surface area contributed by atoms with Gasteiger partial charge in [0.05, 0.1) is 18.8 Å². The summed E-state index contributed by atoms with van der Waals surface area (Å²) in [4.78, 5) is 2.28. The number of β-amino-alcohol motifs (C(OH)–C–C–N with tert-alkyl or cyclic N) is 1. The van der Waals surface area contributed by atoms with Gasteiger partial charge in [0.2, 0.25) is 0 Å². The van der Waals surface area contributed by atoms with Gasteiger partial charge in [-0.15, -0.1) is 0 Å². The van der Waals surface area contributed by atoms with E-state index in [9.17, 15) is 5.11 Å². The average molecular weight is 277 g/mol. The van der Waals surface area contributed by atoms with Crippen LogP contribution in [-0.2, 0) is 15.3 Å². The van der Waals surface area contributed by atoms with Gasteiger partial charge < -0.3 is 14.6 Å². The van der Waals surface area contributed by atoms with E-state index in [2.05, 4.69) is 4.90 Å². The van der Waals surface area contributed by atoms with Crippen molar-refractivity contribution in [2.24, 2.45) is 0 Å². The van der Waals surface area contributed by atoms with Gasteiger partial charge in [-0.2, -0.15) is 0 Å². The predicted octanol–water partition coefficient (Wildman–Crippen LogP) is 1.73. The number of rotatable bonds is 3. The minimum atomic E-state index is -0.639. The Labute approximate surface area is 120 Å². The fourth-order valence-electron chi connectivity index (χ4n) is 3.11. The molecule has 2 aliphatic rings. The van der Waals surface area contributed by atoms with Gasteiger partial charge in [0, 0.05) is 18.7 Å². The molecular formula is C16H23NO3. The number of hydrogen-bond acceptors (Lipinski definition) is 4. The molecule has 3 rings (SSSR count). The van der Waals surface area contributed by atoms with Crippen molar-refractivity contribution in [1.29, 1.82) is 0 Å². The molecule has 0 radical (unpaired) electrons. The maximum Gasteiger partial charge on any atom is 0.192 e. The zero-order chi connectivity index (χ0) is 14.0. The molecule has 2 fully saturated rings. The number of aliphatic hydroxyl groups excluding tert-OH is 1. The molecule has 2 heterocycles. The highest BCUT2D eigenvalue weighted by Crippen LogP contribution is 2.34. The van der Waals surface area contributed by atoms with Crippen molar-refractivity contribution in [2.75, 3.05) is 26.2 Å². The lowest BCUT2D eigenvalue weighted by Crippen LogP contribution is -2.43. The summed E-state index contributed by atoms with van der Waals surface area (Å²) < 4.78 is 12.0. The molecule has 0 aromatic heterocycles. The number of ether oxygens (including phenoxy) is 2. The molecule has 3 atom stereocenters. The van der Waals surface area contributed by atoms with E-state index in [1.54, 1.807) is 0 Å². The first-order valence-electron chi connectivity index (χ1n) is 7.43. The summed E-state index contributed by atoms with van der Waals surface area (Å²) in [6.45, 7) is 5.21. The van der Waals surface area contributed by atoms with Crippen LogP contribution in [0.25, 0.3) is 0 Å².